The lowest BCUT2D eigenvalue weighted by atomic mass is 10.1. The Kier molecular flexibility index (Phi) is 6.55. The van der Waals surface area contributed by atoms with Crippen molar-refractivity contribution in [3.63, 3.8) is 0 Å². The lowest BCUT2D eigenvalue weighted by molar-refractivity contribution is -0.117. The van der Waals surface area contributed by atoms with E-state index in [0.717, 1.165) is 59.9 Å². The van der Waals surface area contributed by atoms with Gasteiger partial charge in [-0.05, 0) is 44.9 Å². The number of para-hydroxylation sites is 1. The minimum absolute atomic E-state index is 0.0160. The molecule has 1 saturated heterocycles. The number of hydrogen-bond donors (Lipinski definition) is 1. The van der Waals surface area contributed by atoms with Crippen LogP contribution in [0.15, 0.2) is 24.3 Å². The predicted octanol–water partition coefficient (Wildman–Crippen LogP) is 2.70. The first-order valence-electron chi connectivity index (χ1n) is 10.2. The largest absolute Gasteiger partial charge is 0.351 e. The third-order valence-corrected chi connectivity index (χ3v) is 6.02. The Bertz CT molecular complexity index is 888. The normalized spacial score (nSPS) is 15.5. The molecule has 0 bridgehead atoms. The van der Waals surface area contributed by atoms with Crippen molar-refractivity contribution < 1.29 is 9.59 Å². The molecule has 0 saturated carbocycles. The van der Waals surface area contributed by atoms with Gasteiger partial charge in [-0.2, -0.15) is 0 Å². The number of nitrogens with zero attached hydrogens (tertiary/aromatic N) is 3. The molecule has 6 heteroatoms. The molecule has 1 fully saturated rings. The number of Topliss-reactive ketones (excluding diaryl/α,β-unsaturated/α-hetero) is 1. The second-order valence-electron chi connectivity index (χ2n) is 8.13. The van der Waals surface area contributed by atoms with Gasteiger partial charge in [0, 0.05) is 55.9 Å². The van der Waals surface area contributed by atoms with Crippen LogP contribution in [0.5, 0.6) is 0 Å². The summed E-state index contributed by atoms with van der Waals surface area (Å²) in [7, 11) is 1.99. The molecular formula is C23H32N4O2. The van der Waals surface area contributed by atoms with Crippen molar-refractivity contribution in [2.45, 2.75) is 27.7 Å². The smallest absolute Gasteiger partial charge is 0.238 e. The Morgan fingerprint density at radius 2 is 1.48 bits per heavy atom. The maximum Gasteiger partial charge on any atom is 0.238 e. The first-order valence-corrected chi connectivity index (χ1v) is 10.2. The van der Waals surface area contributed by atoms with Crippen molar-refractivity contribution in [3.05, 3.63) is 52.3 Å². The second-order valence-corrected chi connectivity index (χ2v) is 8.13. The molecule has 1 N–H and O–H groups in total. The van der Waals surface area contributed by atoms with Crippen LogP contribution in [0.3, 0.4) is 0 Å². The van der Waals surface area contributed by atoms with Gasteiger partial charge in [0.1, 0.15) is 0 Å². The van der Waals surface area contributed by atoms with Crippen LogP contribution in [-0.2, 0) is 11.8 Å². The lowest BCUT2D eigenvalue weighted by Gasteiger charge is -2.33. The van der Waals surface area contributed by atoms with Crippen LogP contribution in [0, 0.1) is 27.7 Å². The van der Waals surface area contributed by atoms with Crippen LogP contribution in [0.25, 0.3) is 0 Å². The Balaban J connectivity index is 1.48. The molecule has 3 rings (SSSR count). The standard InChI is InChI=1S/C23H32N4O2/c1-16-7-6-8-17(2)23(16)24-22(29)15-27-11-9-26(10-12-27)14-21(28)20-13-18(3)25(5)19(20)4/h6-8,13H,9-12,14-15H2,1-5H3,(H,24,29). The molecule has 0 unspecified atom stereocenters. The summed E-state index contributed by atoms with van der Waals surface area (Å²) in [6, 6.07) is 7.99. The number of piperazine rings is 1. The van der Waals surface area contributed by atoms with Crippen molar-refractivity contribution in [3.8, 4) is 0 Å². The number of hydrogen-bond acceptors (Lipinski definition) is 4. The van der Waals surface area contributed by atoms with E-state index in [0.29, 0.717) is 13.1 Å². The van der Waals surface area contributed by atoms with E-state index in [2.05, 4.69) is 19.7 Å². The fourth-order valence-corrected chi connectivity index (χ4v) is 3.93. The number of carbonyl (C=O) groups is 2. The van der Waals surface area contributed by atoms with Crippen molar-refractivity contribution in [2.75, 3.05) is 44.6 Å². The number of aromatic nitrogens is 1. The summed E-state index contributed by atoms with van der Waals surface area (Å²) in [4.78, 5) is 29.5. The highest BCUT2D eigenvalue weighted by atomic mass is 16.2. The van der Waals surface area contributed by atoms with Gasteiger partial charge in [0.2, 0.25) is 5.91 Å². The summed E-state index contributed by atoms with van der Waals surface area (Å²) in [6.45, 7) is 12.0. The molecule has 2 heterocycles. The topological polar surface area (TPSA) is 57.6 Å². The summed E-state index contributed by atoms with van der Waals surface area (Å²) in [5, 5.41) is 3.05. The first-order chi connectivity index (χ1) is 13.8. The summed E-state index contributed by atoms with van der Waals surface area (Å²) in [5.41, 5.74) is 6.01. The van der Waals surface area contributed by atoms with Gasteiger partial charge in [-0.1, -0.05) is 18.2 Å². The molecule has 2 aromatic rings. The third-order valence-electron chi connectivity index (χ3n) is 6.02. The lowest BCUT2D eigenvalue weighted by Crippen LogP contribution is -2.49. The van der Waals surface area contributed by atoms with E-state index in [-0.39, 0.29) is 11.7 Å². The quantitative estimate of drug-likeness (QED) is 0.763. The fraction of sp³-hybridized carbons (Fsp3) is 0.478. The van der Waals surface area contributed by atoms with E-state index >= 15 is 0 Å². The maximum atomic E-state index is 12.7. The molecule has 0 spiro atoms. The van der Waals surface area contributed by atoms with E-state index in [1.165, 1.54) is 0 Å². The molecule has 6 nitrogen and oxygen atoms in total. The fourth-order valence-electron chi connectivity index (χ4n) is 3.93. The SMILES string of the molecule is Cc1cccc(C)c1NC(=O)CN1CCN(CC(=O)c2cc(C)n(C)c2C)CC1. The van der Waals surface area contributed by atoms with Crippen LogP contribution < -0.4 is 5.32 Å². The second kappa shape index (κ2) is 8.93. The number of ketones is 1. The molecule has 1 aromatic heterocycles. The van der Waals surface area contributed by atoms with E-state index in [4.69, 9.17) is 0 Å². The van der Waals surface area contributed by atoms with E-state index in [1.54, 1.807) is 0 Å². The van der Waals surface area contributed by atoms with Gasteiger partial charge in [-0.3, -0.25) is 19.4 Å². The van der Waals surface area contributed by atoms with Crippen molar-refractivity contribution in [2.24, 2.45) is 7.05 Å². The molecule has 0 radical (unpaired) electrons. The predicted molar refractivity (Wildman–Crippen MR) is 117 cm³/mol. The first kappa shape index (κ1) is 21.3. The zero-order valence-electron chi connectivity index (χ0n) is 18.2. The molecule has 1 aliphatic heterocycles. The van der Waals surface area contributed by atoms with Crippen LogP contribution in [0.2, 0.25) is 0 Å². The highest BCUT2D eigenvalue weighted by Crippen LogP contribution is 2.19. The average molecular weight is 397 g/mol. The van der Waals surface area contributed by atoms with Gasteiger partial charge in [-0.15, -0.1) is 0 Å². The van der Waals surface area contributed by atoms with Crippen LogP contribution in [0.1, 0.15) is 32.9 Å². The minimum atomic E-state index is 0.0160. The summed E-state index contributed by atoms with van der Waals surface area (Å²) in [6.07, 6.45) is 0. The van der Waals surface area contributed by atoms with Crippen molar-refractivity contribution >= 4 is 17.4 Å². The third kappa shape index (κ3) is 4.95. The van der Waals surface area contributed by atoms with E-state index in [1.807, 2.05) is 59.0 Å². The zero-order valence-corrected chi connectivity index (χ0v) is 18.2. The summed E-state index contributed by atoms with van der Waals surface area (Å²) < 4.78 is 2.06. The Morgan fingerprint density at radius 3 is 2.00 bits per heavy atom. The number of amides is 1. The molecule has 1 aromatic carbocycles. The Morgan fingerprint density at radius 1 is 0.931 bits per heavy atom. The van der Waals surface area contributed by atoms with Gasteiger partial charge in [-0.25, -0.2) is 0 Å². The Hall–Kier alpha value is -2.44. The molecule has 1 amide bonds. The van der Waals surface area contributed by atoms with E-state index < -0.39 is 0 Å². The minimum Gasteiger partial charge on any atom is -0.351 e. The van der Waals surface area contributed by atoms with Gasteiger partial charge < -0.3 is 9.88 Å². The molecule has 0 aliphatic carbocycles. The molecule has 156 valence electrons. The number of rotatable bonds is 6. The van der Waals surface area contributed by atoms with Gasteiger partial charge in [0.15, 0.2) is 5.78 Å². The summed E-state index contributed by atoms with van der Waals surface area (Å²) in [5.74, 6) is 0.190. The molecular weight excluding hydrogens is 364 g/mol. The number of anilines is 1. The van der Waals surface area contributed by atoms with Gasteiger partial charge >= 0.3 is 0 Å². The average Bonchev–Trinajstić information content (AvgIpc) is 2.94. The summed E-state index contributed by atoms with van der Waals surface area (Å²) >= 11 is 0. The Labute approximate surface area is 173 Å². The monoisotopic (exact) mass is 396 g/mol. The number of benzene rings is 1. The maximum absolute atomic E-state index is 12.7. The van der Waals surface area contributed by atoms with Crippen LogP contribution in [-0.4, -0.2) is 65.3 Å². The molecule has 0 atom stereocenters. The van der Waals surface area contributed by atoms with Crippen LogP contribution >= 0.6 is 0 Å². The van der Waals surface area contributed by atoms with Gasteiger partial charge in [0.05, 0.1) is 13.1 Å². The van der Waals surface area contributed by atoms with Gasteiger partial charge in [0.25, 0.3) is 0 Å². The zero-order chi connectivity index (χ0) is 21.1. The van der Waals surface area contributed by atoms with Crippen molar-refractivity contribution in [1.29, 1.82) is 0 Å². The highest BCUT2D eigenvalue weighted by Gasteiger charge is 2.23. The van der Waals surface area contributed by atoms with E-state index in [9.17, 15) is 9.59 Å². The number of nitrogens with one attached hydrogen (secondary N) is 1. The molecule has 1 aliphatic rings. The molecule has 29 heavy (non-hydrogen) atoms. The van der Waals surface area contributed by atoms with Crippen LogP contribution in [0.4, 0.5) is 5.69 Å². The van der Waals surface area contributed by atoms with Crippen molar-refractivity contribution in [1.82, 2.24) is 14.4 Å². The highest BCUT2D eigenvalue weighted by molar-refractivity contribution is 5.99. The number of aryl methyl sites for hydroxylation is 3. The number of carbonyl (C=O) groups excluding carboxylic acids is 2.